The van der Waals surface area contributed by atoms with Gasteiger partial charge in [-0.1, -0.05) is 30.3 Å². The van der Waals surface area contributed by atoms with Crippen LogP contribution in [0.1, 0.15) is 18.4 Å². The van der Waals surface area contributed by atoms with Crippen molar-refractivity contribution in [2.75, 3.05) is 13.1 Å². The van der Waals surface area contributed by atoms with Gasteiger partial charge in [0.1, 0.15) is 6.61 Å². The summed E-state index contributed by atoms with van der Waals surface area (Å²) in [5, 5.41) is 2.43. The SMILES string of the molecule is O=C(CCCN1C(=O)CNC1=O)OCc1ccccc1. The van der Waals surface area contributed by atoms with Crippen LogP contribution in [0.4, 0.5) is 4.79 Å². The fourth-order valence-corrected chi connectivity index (χ4v) is 1.87. The van der Waals surface area contributed by atoms with Gasteiger partial charge in [-0.2, -0.15) is 0 Å². The first-order valence-electron chi connectivity index (χ1n) is 6.44. The smallest absolute Gasteiger partial charge is 0.324 e. The number of imide groups is 1. The summed E-state index contributed by atoms with van der Waals surface area (Å²) in [6.45, 7) is 0.519. The molecule has 1 aliphatic rings. The van der Waals surface area contributed by atoms with E-state index in [-0.39, 0.29) is 38.0 Å². The van der Waals surface area contributed by atoms with Gasteiger partial charge in [-0.05, 0) is 12.0 Å². The van der Waals surface area contributed by atoms with Crippen LogP contribution in [0.3, 0.4) is 0 Å². The predicted molar refractivity (Wildman–Crippen MR) is 70.6 cm³/mol. The third-order valence-electron chi connectivity index (χ3n) is 2.94. The minimum absolute atomic E-state index is 0.0390. The van der Waals surface area contributed by atoms with Gasteiger partial charge in [-0.15, -0.1) is 0 Å². The van der Waals surface area contributed by atoms with Gasteiger partial charge in [-0.3, -0.25) is 14.5 Å². The highest BCUT2D eigenvalue weighted by molar-refractivity contribution is 6.01. The van der Waals surface area contributed by atoms with Crippen LogP contribution in [-0.4, -0.2) is 35.9 Å². The van der Waals surface area contributed by atoms with E-state index in [4.69, 9.17) is 4.74 Å². The van der Waals surface area contributed by atoms with Gasteiger partial charge in [0, 0.05) is 13.0 Å². The lowest BCUT2D eigenvalue weighted by molar-refractivity contribution is -0.145. The van der Waals surface area contributed by atoms with Crippen molar-refractivity contribution >= 4 is 17.9 Å². The number of esters is 1. The number of hydrogen-bond acceptors (Lipinski definition) is 4. The van der Waals surface area contributed by atoms with Crippen molar-refractivity contribution in [3.63, 3.8) is 0 Å². The van der Waals surface area contributed by atoms with Crippen LogP contribution >= 0.6 is 0 Å². The number of ether oxygens (including phenoxy) is 1. The molecule has 3 amide bonds. The summed E-state index contributed by atoms with van der Waals surface area (Å²) in [6, 6.07) is 9.00. The third-order valence-corrected chi connectivity index (χ3v) is 2.94. The fourth-order valence-electron chi connectivity index (χ4n) is 1.87. The Morgan fingerprint density at radius 2 is 2.00 bits per heavy atom. The Labute approximate surface area is 116 Å². The number of rotatable bonds is 6. The Hall–Kier alpha value is -2.37. The van der Waals surface area contributed by atoms with Crippen LogP contribution in [-0.2, 0) is 20.9 Å². The zero-order valence-electron chi connectivity index (χ0n) is 11.0. The van der Waals surface area contributed by atoms with Gasteiger partial charge in [-0.25, -0.2) is 4.79 Å². The molecule has 20 heavy (non-hydrogen) atoms. The van der Waals surface area contributed by atoms with Crippen LogP contribution < -0.4 is 5.32 Å². The van der Waals surface area contributed by atoms with Gasteiger partial charge < -0.3 is 10.1 Å². The van der Waals surface area contributed by atoms with Crippen LogP contribution in [0, 0.1) is 0 Å². The third kappa shape index (κ3) is 3.81. The van der Waals surface area contributed by atoms with E-state index in [2.05, 4.69) is 5.32 Å². The van der Waals surface area contributed by atoms with E-state index in [0.29, 0.717) is 6.42 Å². The maximum atomic E-state index is 11.5. The highest BCUT2D eigenvalue weighted by Crippen LogP contribution is 2.05. The normalized spacial score (nSPS) is 14.3. The van der Waals surface area contributed by atoms with Crippen molar-refractivity contribution in [1.29, 1.82) is 0 Å². The Bertz CT molecular complexity index is 485. The predicted octanol–water partition coefficient (Wildman–Crippen LogP) is 1.06. The van der Waals surface area contributed by atoms with Crippen LogP contribution in [0.25, 0.3) is 0 Å². The largest absolute Gasteiger partial charge is 0.461 e. The molecule has 6 nitrogen and oxygen atoms in total. The van der Waals surface area contributed by atoms with Gasteiger partial charge in [0.2, 0.25) is 5.91 Å². The minimum Gasteiger partial charge on any atom is -0.461 e. The average Bonchev–Trinajstić information content (AvgIpc) is 2.78. The number of urea groups is 1. The Morgan fingerprint density at radius 3 is 2.65 bits per heavy atom. The summed E-state index contributed by atoms with van der Waals surface area (Å²) in [7, 11) is 0. The number of benzene rings is 1. The molecule has 1 fully saturated rings. The topological polar surface area (TPSA) is 75.7 Å². The molecule has 1 heterocycles. The number of hydrogen-bond donors (Lipinski definition) is 1. The summed E-state index contributed by atoms with van der Waals surface area (Å²) in [5.41, 5.74) is 0.926. The number of carbonyl (C=O) groups is 3. The van der Waals surface area contributed by atoms with E-state index >= 15 is 0 Å². The Balaban J connectivity index is 1.65. The summed E-state index contributed by atoms with van der Waals surface area (Å²) in [6.07, 6.45) is 0.594. The summed E-state index contributed by atoms with van der Waals surface area (Å²) >= 11 is 0. The molecule has 106 valence electrons. The van der Waals surface area contributed by atoms with Gasteiger partial charge >= 0.3 is 12.0 Å². The van der Waals surface area contributed by atoms with E-state index in [0.717, 1.165) is 10.5 Å². The second-order valence-corrected chi connectivity index (χ2v) is 4.45. The molecule has 0 aromatic heterocycles. The van der Waals surface area contributed by atoms with Crippen LogP contribution in [0.2, 0.25) is 0 Å². The van der Waals surface area contributed by atoms with Crippen LogP contribution in [0.15, 0.2) is 30.3 Å². The molecule has 6 heteroatoms. The monoisotopic (exact) mass is 276 g/mol. The Kier molecular flexibility index (Phi) is 4.70. The molecule has 0 saturated carbocycles. The first-order valence-corrected chi connectivity index (χ1v) is 6.44. The van der Waals surface area contributed by atoms with E-state index in [1.807, 2.05) is 30.3 Å². The molecule has 1 aromatic rings. The minimum atomic E-state index is -0.396. The lowest BCUT2D eigenvalue weighted by Gasteiger charge is -2.11. The van der Waals surface area contributed by atoms with Crippen molar-refractivity contribution in [3.8, 4) is 0 Å². The van der Waals surface area contributed by atoms with Crippen molar-refractivity contribution in [2.24, 2.45) is 0 Å². The number of amides is 3. The van der Waals surface area contributed by atoms with Gasteiger partial charge in [0.15, 0.2) is 0 Å². The summed E-state index contributed by atoms with van der Waals surface area (Å²) in [4.78, 5) is 35.2. The molecule has 2 rings (SSSR count). The first kappa shape index (κ1) is 14.0. The number of carbonyl (C=O) groups excluding carboxylic acids is 3. The molecule has 1 saturated heterocycles. The van der Waals surface area contributed by atoms with Gasteiger partial charge in [0.05, 0.1) is 6.54 Å². The maximum absolute atomic E-state index is 11.5. The molecule has 0 radical (unpaired) electrons. The van der Waals surface area contributed by atoms with Crippen molar-refractivity contribution in [3.05, 3.63) is 35.9 Å². The zero-order valence-corrected chi connectivity index (χ0v) is 11.0. The molecule has 0 aliphatic carbocycles. The van der Waals surface area contributed by atoms with Crippen molar-refractivity contribution < 1.29 is 19.1 Å². The molecule has 0 spiro atoms. The fraction of sp³-hybridized carbons (Fsp3) is 0.357. The molecular formula is C14H16N2O4. The molecule has 1 aliphatic heterocycles. The first-order chi connectivity index (χ1) is 9.66. The van der Waals surface area contributed by atoms with E-state index in [1.54, 1.807) is 0 Å². The second kappa shape index (κ2) is 6.70. The van der Waals surface area contributed by atoms with Gasteiger partial charge in [0.25, 0.3) is 0 Å². The molecule has 0 bridgehead atoms. The molecular weight excluding hydrogens is 260 g/mol. The lowest BCUT2D eigenvalue weighted by Crippen LogP contribution is -2.32. The van der Waals surface area contributed by atoms with Crippen molar-refractivity contribution in [2.45, 2.75) is 19.4 Å². The van der Waals surface area contributed by atoms with E-state index in [9.17, 15) is 14.4 Å². The van der Waals surface area contributed by atoms with E-state index in [1.165, 1.54) is 0 Å². The van der Waals surface area contributed by atoms with Crippen molar-refractivity contribution in [1.82, 2.24) is 10.2 Å². The Morgan fingerprint density at radius 1 is 1.25 bits per heavy atom. The summed E-state index contributed by atoms with van der Waals surface area (Å²) < 4.78 is 5.10. The quantitative estimate of drug-likeness (QED) is 0.622. The average molecular weight is 276 g/mol. The standard InChI is InChI=1S/C14H16N2O4/c17-12-9-15-14(19)16(12)8-4-7-13(18)20-10-11-5-2-1-3-6-11/h1-3,5-6H,4,7-10H2,(H,15,19). The highest BCUT2D eigenvalue weighted by atomic mass is 16.5. The maximum Gasteiger partial charge on any atom is 0.324 e. The van der Waals surface area contributed by atoms with Crippen LogP contribution in [0.5, 0.6) is 0 Å². The number of nitrogens with zero attached hydrogens (tertiary/aromatic N) is 1. The zero-order chi connectivity index (χ0) is 14.4. The molecule has 1 N–H and O–H groups in total. The molecule has 0 atom stereocenters. The molecule has 0 unspecified atom stereocenters. The van der Waals surface area contributed by atoms with E-state index < -0.39 is 6.03 Å². The molecule has 1 aromatic carbocycles. The second-order valence-electron chi connectivity index (χ2n) is 4.45. The lowest BCUT2D eigenvalue weighted by atomic mass is 10.2. The highest BCUT2D eigenvalue weighted by Gasteiger charge is 2.27. The summed E-state index contributed by atoms with van der Waals surface area (Å²) in [5.74, 6) is -0.589. The number of nitrogens with one attached hydrogen (secondary N) is 1.